The quantitative estimate of drug-likeness (QED) is 0.867. The van der Waals surface area contributed by atoms with Crippen LogP contribution in [0.15, 0.2) is 17.5 Å². The van der Waals surface area contributed by atoms with E-state index in [9.17, 15) is 5.11 Å². The molecule has 0 aliphatic heterocycles. The van der Waals surface area contributed by atoms with Crippen LogP contribution >= 0.6 is 34.5 Å². The lowest BCUT2D eigenvalue weighted by Gasteiger charge is -2.11. The molecule has 0 amide bonds. The normalized spacial score (nSPS) is 11.1. The van der Waals surface area contributed by atoms with E-state index < -0.39 is 0 Å². The minimum absolute atomic E-state index is 0.177. The van der Waals surface area contributed by atoms with E-state index in [1.165, 1.54) is 0 Å². The number of hydrogen-bond acceptors (Lipinski definition) is 4. The van der Waals surface area contributed by atoms with Gasteiger partial charge in [0.15, 0.2) is 0 Å². The molecule has 0 aliphatic carbocycles. The minimum Gasteiger partial charge on any atom is -0.485 e. The predicted octanol–water partition coefficient (Wildman–Crippen LogP) is 4.64. The van der Waals surface area contributed by atoms with Gasteiger partial charge >= 0.3 is 0 Å². The summed E-state index contributed by atoms with van der Waals surface area (Å²) in [5.74, 6) is 0.860. The van der Waals surface area contributed by atoms with E-state index >= 15 is 0 Å². The Morgan fingerprint density at radius 3 is 2.70 bits per heavy atom. The van der Waals surface area contributed by atoms with E-state index in [4.69, 9.17) is 27.9 Å². The fourth-order valence-electron chi connectivity index (χ4n) is 1.69. The molecule has 0 saturated heterocycles. The maximum absolute atomic E-state index is 9.33. The summed E-state index contributed by atoms with van der Waals surface area (Å²) in [6.07, 6.45) is 0. The first-order valence-electron chi connectivity index (χ1n) is 6.17. The molecule has 0 unspecified atom stereocenters. The number of hydrogen-bond donors (Lipinski definition) is 1. The second-order valence-electron chi connectivity index (χ2n) is 4.65. The molecule has 0 bridgehead atoms. The summed E-state index contributed by atoms with van der Waals surface area (Å²) in [7, 11) is 0. The van der Waals surface area contributed by atoms with Crippen LogP contribution < -0.4 is 4.74 Å². The fraction of sp³-hybridized carbons (Fsp3) is 0.357. The number of rotatable bonds is 5. The Balaban J connectivity index is 2.14. The van der Waals surface area contributed by atoms with Crippen molar-refractivity contribution in [3.63, 3.8) is 0 Å². The average Bonchev–Trinajstić information content (AvgIpc) is 2.85. The van der Waals surface area contributed by atoms with Gasteiger partial charge in [-0.05, 0) is 12.1 Å². The van der Waals surface area contributed by atoms with Gasteiger partial charge in [-0.25, -0.2) is 4.98 Å². The molecule has 1 aromatic heterocycles. The molecule has 0 fully saturated rings. The van der Waals surface area contributed by atoms with Crippen LogP contribution in [0.2, 0.25) is 10.0 Å². The number of halogens is 2. The second kappa shape index (κ2) is 6.76. The summed E-state index contributed by atoms with van der Waals surface area (Å²) < 4.78 is 5.69. The molecular weight excluding hydrogens is 317 g/mol. The fourth-order valence-corrected chi connectivity index (χ4v) is 3.10. The lowest BCUT2D eigenvalue weighted by atomic mass is 10.2. The van der Waals surface area contributed by atoms with E-state index in [0.717, 1.165) is 10.7 Å². The van der Waals surface area contributed by atoms with Crippen LogP contribution in [0, 0.1) is 0 Å². The second-order valence-corrected chi connectivity index (χ2v) is 6.39. The summed E-state index contributed by atoms with van der Waals surface area (Å²) in [5.41, 5.74) is 1.43. The van der Waals surface area contributed by atoms with Crippen LogP contribution in [0.25, 0.3) is 0 Å². The molecule has 20 heavy (non-hydrogen) atoms. The van der Waals surface area contributed by atoms with Crippen LogP contribution in [0.1, 0.15) is 36.0 Å². The summed E-state index contributed by atoms with van der Waals surface area (Å²) in [5, 5.41) is 13.2. The van der Waals surface area contributed by atoms with Gasteiger partial charge in [0.05, 0.1) is 22.3 Å². The molecule has 6 heteroatoms. The standard InChI is InChI=1S/C14H15Cl2NO2S/c1-8(2)14-17-11(7-20-14)6-19-13-9(5-18)3-10(15)4-12(13)16/h3-4,7-8,18H,5-6H2,1-2H3. The minimum atomic E-state index is -0.177. The first-order valence-corrected chi connectivity index (χ1v) is 7.80. The van der Waals surface area contributed by atoms with E-state index in [-0.39, 0.29) is 6.61 Å². The van der Waals surface area contributed by atoms with Gasteiger partial charge in [-0.1, -0.05) is 37.0 Å². The maximum Gasteiger partial charge on any atom is 0.144 e. The largest absolute Gasteiger partial charge is 0.485 e. The van der Waals surface area contributed by atoms with E-state index in [2.05, 4.69) is 18.8 Å². The van der Waals surface area contributed by atoms with Crippen molar-refractivity contribution in [2.45, 2.75) is 33.0 Å². The van der Waals surface area contributed by atoms with Gasteiger partial charge < -0.3 is 9.84 Å². The number of nitrogens with zero attached hydrogens (tertiary/aromatic N) is 1. The monoisotopic (exact) mass is 331 g/mol. The third-order valence-electron chi connectivity index (χ3n) is 2.68. The van der Waals surface area contributed by atoms with Gasteiger partial charge in [0, 0.05) is 21.9 Å². The molecule has 1 heterocycles. The highest BCUT2D eigenvalue weighted by Gasteiger charge is 2.12. The van der Waals surface area contributed by atoms with Gasteiger partial charge in [-0.2, -0.15) is 0 Å². The number of thiazole rings is 1. The zero-order chi connectivity index (χ0) is 14.7. The van der Waals surface area contributed by atoms with Gasteiger partial charge in [-0.3, -0.25) is 0 Å². The lowest BCUT2D eigenvalue weighted by molar-refractivity contribution is 0.258. The predicted molar refractivity (Wildman–Crippen MR) is 82.9 cm³/mol. The number of aromatic nitrogens is 1. The Kier molecular flexibility index (Phi) is 5.27. The molecule has 0 spiro atoms. The molecule has 1 aromatic carbocycles. The van der Waals surface area contributed by atoms with Crippen LogP contribution in [0.3, 0.4) is 0 Å². The van der Waals surface area contributed by atoms with Gasteiger partial charge in [0.25, 0.3) is 0 Å². The van der Waals surface area contributed by atoms with Gasteiger partial charge in [-0.15, -0.1) is 11.3 Å². The van der Waals surface area contributed by atoms with Crippen molar-refractivity contribution in [1.82, 2.24) is 4.98 Å². The zero-order valence-electron chi connectivity index (χ0n) is 11.2. The Hall–Kier alpha value is -0.810. The Morgan fingerprint density at radius 2 is 2.10 bits per heavy atom. The molecule has 108 valence electrons. The molecule has 0 radical (unpaired) electrons. The third-order valence-corrected chi connectivity index (χ3v) is 4.38. The first kappa shape index (κ1) is 15.6. The van der Waals surface area contributed by atoms with Crippen molar-refractivity contribution in [3.05, 3.63) is 43.8 Å². The molecule has 2 aromatic rings. The van der Waals surface area contributed by atoms with Crippen LogP contribution in [-0.2, 0) is 13.2 Å². The number of benzene rings is 1. The van der Waals surface area contributed by atoms with Crippen LogP contribution in [-0.4, -0.2) is 10.1 Å². The topological polar surface area (TPSA) is 42.4 Å². The molecule has 1 N–H and O–H groups in total. The zero-order valence-corrected chi connectivity index (χ0v) is 13.5. The number of ether oxygens (including phenoxy) is 1. The molecular formula is C14H15Cl2NO2S. The third kappa shape index (κ3) is 3.64. The van der Waals surface area contributed by atoms with Crippen molar-refractivity contribution in [3.8, 4) is 5.75 Å². The van der Waals surface area contributed by atoms with E-state index in [0.29, 0.717) is 33.9 Å². The molecule has 3 nitrogen and oxygen atoms in total. The molecule has 0 atom stereocenters. The van der Waals surface area contributed by atoms with Crippen molar-refractivity contribution >= 4 is 34.5 Å². The summed E-state index contributed by atoms with van der Waals surface area (Å²) >= 11 is 13.6. The molecule has 0 aliphatic rings. The Bertz CT molecular complexity index is 599. The highest BCUT2D eigenvalue weighted by atomic mass is 35.5. The SMILES string of the molecule is CC(C)c1nc(COc2c(Cl)cc(Cl)cc2CO)cs1. The van der Waals surface area contributed by atoms with E-state index in [1.54, 1.807) is 23.5 Å². The smallest absolute Gasteiger partial charge is 0.144 e. The number of aliphatic hydroxyl groups is 1. The molecule has 2 rings (SSSR count). The van der Waals surface area contributed by atoms with Gasteiger partial charge in [0.2, 0.25) is 0 Å². The van der Waals surface area contributed by atoms with Crippen molar-refractivity contribution in [1.29, 1.82) is 0 Å². The Labute approximate surface area is 132 Å². The van der Waals surface area contributed by atoms with Crippen LogP contribution in [0.4, 0.5) is 0 Å². The van der Waals surface area contributed by atoms with Crippen molar-refractivity contribution in [2.75, 3.05) is 0 Å². The first-order chi connectivity index (χ1) is 9.51. The number of aliphatic hydroxyl groups excluding tert-OH is 1. The van der Waals surface area contributed by atoms with Gasteiger partial charge in [0.1, 0.15) is 12.4 Å². The average molecular weight is 332 g/mol. The Morgan fingerprint density at radius 1 is 1.35 bits per heavy atom. The highest BCUT2D eigenvalue weighted by Crippen LogP contribution is 2.33. The molecule has 0 saturated carbocycles. The lowest BCUT2D eigenvalue weighted by Crippen LogP contribution is -2.00. The van der Waals surface area contributed by atoms with E-state index in [1.807, 2.05) is 5.38 Å². The summed E-state index contributed by atoms with van der Waals surface area (Å²) in [6.45, 7) is 4.34. The maximum atomic E-state index is 9.33. The van der Waals surface area contributed by atoms with Crippen LogP contribution in [0.5, 0.6) is 5.75 Å². The van der Waals surface area contributed by atoms with Crippen molar-refractivity contribution < 1.29 is 9.84 Å². The summed E-state index contributed by atoms with van der Waals surface area (Å²) in [6, 6.07) is 3.24. The summed E-state index contributed by atoms with van der Waals surface area (Å²) in [4.78, 5) is 4.49. The van der Waals surface area contributed by atoms with Crippen molar-refractivity contribution in [2.24, 2.45) is 0 Å². The highest BCUT2D eigenvalue weighted by molar-refractivity contribution is 7.09.